The monoisotopic (exact) mass is 443 g/mol. The predicted molar refractivity (Wildman–Crippen MR) is 103 cm³/mol. The lowest BCUT2D eigenvalue weighted by Gasteiger charge is -2.33. The number of carbonyl (C=O) groups excluding carboxylic acids is 1. The highest BCUT2D eigenvalue weighted by atomic mass is 32.2. The first-order chi connectivity index (χ1) is 13.9. The van der Waals surface area contributed by atoms with Crippen molar-refractivity contribution in [3.63, 3.8) is 0 Å². The van der Waals surface area contributed by atoms with E-state index in [0.29, 0.717) is 25.2 Å². The molecule has 0 aromatic carbocycles. The molecule has 2 aromatic rings. The number of alkyl halides is 3. The van der Waals surface area contributed by atoms with Gasteiger partial charge < -0.3 is 10.2 Å². The normalized spacial score (nSPS) is 17.6. The van der Waals surface area contributed by atoms with Crippen LogP contribution in [0.15, 0.2) is 35.6 Å². The van der Waals surface area contributed by atoms with Gasteiger partial charge in [0.2, 0.25) is 0 Å². The molecule has 0 spiro atoms. The van der Waals surface area contributed by atoms with Crippen molar-refractivity contribution in [3.8, 4) is 0 Å². The van der Waals surface area contributed by atoms with Gasteiger partial charge in [-0.2, -0.15) is 13.2 Å². The Balaban J connectivity index is 1.98. The van der Waals surface area contributed by atoms with Crippen LogP contribution >= 0.6 is 0 Å². The third kappa shape index (κ3) is 5.05. The van der Waals surface area contributed by atoms with E-state index >= 15 is 0 Å². The molecule has 1 atom stereocenters. The molecule has 3 heterocycles. The number of sulfonamides is 1. The van der Waals surface area contributed by atoms with Gasteiger partial charge in [-0.3, -0.25) is 4.79 Å². The molecule has 1 unspecified atom stereocenters. The fourth-order valence-corrected chi connectivity index (χ4v) is 3.75. The first kappa shape index (κ1) is 22.0. The number of primary sulfonamides is 1. The van der Waals surface area contributed by atoms with E-state index in [0.717, 1.165) is 31.2 Å². The summed E-state index contributed by atoms with van der Waals surface area (Å²) in [6.07, 6.45) is -1.05. The minimum Gasteiger partial charge on any atom is -0.356 e. The molecule has 0 bridgehead atoms. The molecular formula is C18H20F3N5O3S. The predicted octanol–water partition coefficient (Wildman–Crippen LogP) is 2.63. The number of carbonyl (C=O) groups is 1. The second-order valence-corrected chi connectivity index (χ2v) is 8.68. The van der Waals surface area contributed by atoms with Gasteiger partial charge in [0, 0.05) is 37.2 Å². The number of anilines is 2. The Bertz CT molecular complexity index is 1060. The largest absolute Gasteiger partial charge is 0.417 e. The summed E-state index contributed by atoms with van der Waals surface area (Å²) in [6.45, 7) is 3.14. The van der Waals surface area contributed by atoms with Gasteiger partial charge in [-0.15, -0.1) is 0 Å². The van der Waals surface area contributed by atoms with Gasteiger partial charge in [0.05, 0.1) is 11.1 Å². The summed E-state index contributed by atoms with van der Waals surface area (Å²) in [5.74, 6) is -0.405. The van der Waals surface area contributed by atoms with Gasteiger partial charge in [-0.05, 0) is 30.9 Å². The van der Waals surface area contributed by atoms with Crippen molar-refractivity contribution in [2.45, 2.75) is 31.0 Å². The molecule has 12 heteroatoms. The van der Waals surface area contributed by atoms with E-state index in [-0.39, 0.29) is 17.1 Å². The Labute approximate surface area is 171 Å². The zero-order chi connectivity index (χ0) is 22.1. The standard InChI is InChI=1S/C18H20F3N5O3S/c1-11-3-2-6-26(10-11)16-14(7-12(9-24-16)18(19,20)21)17(27)25-13-4-5-23-15(8-13)30(22,28)29/h4-5,7-9,11H,2-3,6,10H2,1H3,(H2,22,28,29)(H,23,25,27). The van der Waals surface area contributed by atoms with Crippen LogP contribution in [-0.2, 0) is 16.2 Å². The van der Waals surface area contributed by atoms with Crippen LogP contribution in [0.2, 0.25) is 0 Å². The number of halogens is 3. The van der Waals surface area contributed by atoms with E-state index in [9.17, 15) is 26.4 Å². The average molecular weight is 443 g/mol. The number of hydrogen-bond donors (Lipinski definition) is 2. The summed E-state index contributed by atoms with van der Waals surface area (Å²) in [5, 5.41) is 6.95. The van der Waals surface area contributed by atoms with E-state index in [2.05, 4.69) is 15.3 Å². The molecule has 0 radical (unpaired) electrons. The maximum Gasteiger partial charge on any atom is 0.417 e. The van der Waals surface area contributed by atoms with Crippen LogP contribution in [0.4, 0.5) is 24.7 Å². The summed E-state index contributed by atoms with van der Waals surface area (Å²) in [6, 6.07) is 3.08. The molecule has 8 nitrogen and oxygen atoms in total. The molecule has 3 N–H and O–H groups in total. The van der Waals surface area contributed by atoms with E-state index in [1.807, 2.05) is 6.92 Å². The molecule has 2 aromatic heterocycles. The molecule has 1 aliphatic heterocycles. The number of nitrogens with zero attached hydrogens (tertiary/aromatic N) is 3. The van der Waals surface area contributed by atoms with Gasteiger partial charge >= 0.3 is 6.18 Å². The fraction of sp³-hybridized carbons (Fsp3) is 0.389. The Morgan fingerprint density at radius 2 is 2.03 bits per heavy atom. The molecular weight excluding hydrogens is 423 g/mol. The summed E-state index contributed by atoms with van der Waals surface area (Å²) in [4.78, 5) is 22.2. The maximum absolute atomic E-state index is 13.2. The zero-order valence-electron chi connectivity index (χ0n) is 16.0. The first-order valence-corrected chi connectivity index (χ1v) is 10.6. The highest BCUT2D eigenvalue weighted by molar-refractivity contribution is 7.89. The third-order valence-corrected chi connectivity index (χ3v) is 5.49. The van der Waals surface area contributed by atoms with Crippen LogP contribution in [0.5, 0.6) is 0 Å². The number of hydrogen-bond acceptors (Lipinski definition) is 6. The summed E-state index contributed by atoms with van der Waals surface area (Å²) >= 11 is 0. The van der Waals surface area contributed by atoms with Crippen molar-refractivity contribution in [2.24, 2.45) is 11.1 Å². The van der Waals surface area contributed by atoms with Crippen molar-refractivity contribution in [1.82, 2.24) is 9.97 Å². The Morgan fingerprint density at radius 1 is 1.30 bits per heavy atom. The fourth-order valence-electron chi connectivity index (χ4n) is 3.25. The number of rotatable bonds is 4. The minimum atomic E-state index is -4.67. The van der Waals surface area contributed by atoms with Crippen LogP contribution in [-0.4, -0.2) is 37.4 Å². The second kappa shape index (κ2) is 8.19. The lowest BCUT2D eigenvalue weighted by molar-refractivity contribution is -0.137. The van der Waals surface area contributed by atoms with Gasteiger partial charge in [-0.1, -0.05) is 6.92 Å². The Kier molecular flexibility index (Phi) is 5.99. The lowest BCUT2D eigenvalue weighted by Crippen LogP contribution is -2.36. The highest BCUT2D eigenvalue weighted by Crippen LogP contribution is 2.33. The SMILES string of the molecule is CC1CCCN(c2ncc(C(F)(F)F)cc2C(=O)Nc2ccnc(S(N)(=O)=O)c2)C1. The molecule has 1 saturated heterocycles. The van der Waals surface area contributed by atoms with E-state index < -0.39 is 32.7 Å². The molecule has 0 saturated carbocycles. The number of amides is 1. The zero-order valence-corrected chi connectivity index (χ0v) is 16.8. The molecule has 30 heavy (non-hydrogen) atoms. The number of nitrogens with two attached hydrogens (primary N) is 1. The summed E-state index contributed by atoms with van der Waals surface area (Å²) in [7, 11) is -4.12. The van der Waals surface area contributed by atoms with Crippen molar-refractivity contribution in [1.29, 1.82) is 0 Å². The maximum atomic E-state index is 13.2. The van der Waals surface area contributed by atoms with E-state index in [1.54, 1.807) is 4.90 Å². The van der Waals surface area contributed by atoms with E-state index in [1.165, 1.54) is 6.07 Å². The van der Waals surface area contributed by atoms with Crippen LogP contribution in [0, 0.1) is 5.92 Å². The molecule has 1 fully saturated rings. The number of nitrogens with one attached hydrogen (secondary N) is 1. The number of aromatic nitrogens is 2. The first-order valence-electron chi connectivity index (χ1n) is 9.07. The second-order valence-electron chi connectivity index (χ2n) is 7.17. The van der Waals surface area contributed by atoms with Crippen LogP contribution in [0.3, 0.4) is 0 Å². The number of piperidine rings is 1. The molecule has 1 aliphatic rings. The van der Waals surface area contributed by atoms with Crippen LogP contribution < -0.4 is 15.4 Å². The summed E-state index contributed by atoms with van der Waals surface area (Å²) in [5.41, 5.74) is -1.29. The van der Waals surface area contributed by atoms with Gasteiger partial charge in [-0.25, -0.2) is 23.5 Å². The van der Waals surface area contributed by atoms with Crippen molar-refractivity contribution < 1.29 is 26.4 Å². The Hall–Kier alpha value is -2.73. The van der Waals surface area contributed by atoms with Crippen LogP contribution in [0.1, 0.15) is 35.7 Å². The average Bonchev–Trinajstić information content (AvgIpc) is 2.66. The minimum absolute atomic E-state index is 0.0226. The van der Waals surface area contributed by atoms with Crippen molar-refractivity contribution in [3.05, 3.63) is 41.7 Å². The van der Waals surface area contributed by atoms with Gasteiger partial charge in [0.1, 0.15) is 5.82 Å². The quantitative estimate of drug-likeness (QED) is 0.750. The molecule has 162 valence electrons. The highest BCUT2D eigenvalue weighted by Gasteiger charge is 2.33. The van der Waals surface area contributed by atoms with Gasteiger partial charge in [0.15, 0.2) is 5.03 Å². The van der Waals surface area contributed by atoms with Crippen molar-refractivity contribution >= 4 is 27.4 Å². The third-order valence-electron chi connectivity index (χ3n) is 4.68. The van der Waals surface area contributed by atoms with Crippen LogP contribution in [0.25, 0.3) is 0 Å². The van der Waals surface area contributed by atoms with Crippen molar-refractivity contribution in [2.75, 3.05) is 23.3 Å². The Morgan fingerprint density at radius 3 is 2.67 bits per heavy atom. The molecule has 0 aliphatic carbocycles. The summed E-state index contributed by atoms with van der Waals surface area (Å²) < 4.78 is 62.5. The number of pyridine rings is 2. The van der Waals surface area contributed by atoms with E-state index in [4.69, 9.17) is 5.14 Å². The lowest BCUT2D eigenvalue weighted by atomic mass is 9.99. The molecule has 3 rings (SSSR count). The molecule has 1 amide bonds. The topological polar surface area (TPSA) is 118 Å². The van der Waals surface area contributed by atoms with Gasteiger partial charge in [0.25, 0.3) is 15.9 Å². The smallest absolute Gasteiger partial charge is 0.356 e.